The highest BCUT2D eigenvalue weighted by Gasteiger charge is 2.32. The van der Waals surface area contributed by atoms with E-state index in [1.165, 1.54) is 33.2 Å². The maximum atomic E-state index is 12.9. The first-order valence-corrected chi connectivity index (χ1v) is 12.1. The summed E-state index contributed by atoms with van der Waals surface area (Å²) in [6.45, 7) is 8.54. The zero-order chi connectivity index (χ0) is 26.8. The molecule has 1 N–H and O–H groups in total. The number of methoxy groups -OCH3 is 1. The number of carbonyl (C=O) groups excluding carboxylic acids is 3. The van der Waals surface area contributed by atoms with E-state index in [0.29, 0.717) is 10.8 Å². The number of esters is 2. The minimum Gasteiger partial charge on any atom is -0.493 e. The van der Waals surface area contributed by atoms with Gasteiger partial charge in [-0.25, -0.2) is 9.78 Å². The lowest BCUT2D eigenvalue weighted by Gasteiger charge is -2.31. The lowest BCUT2D eigenvalue weighted by atomic mass is 9.93. The number of nitrogens with one attached hydrogen (secondary N) is 1. The Morgan fingerprint density at radius 2 is 1.69 bits per heavy atom. The first kappa shape index (κ1) is 28.9. The molecule has 0 bridgehead atoms. The molecule has 1 aromatic carbocycles. The van der Waals surface area contributed by atoms with E-state index in [9.17, 15) is 14.4 Å². The first-order chi connectivity index (χ1) is 17.1. The Labute approximate surface area is 216 Å². The molecule has 0 saturated heterocycles. The van der Waals surface area contributed by atoms with Gasteiger partial charge in [-0.3, -0.25) is 9.59 Å². The molecule has 0 saturated carbocycles. The van der Waals surface area contributed by atoms with Crippen LogP contribution in [-0.4, -0.2) is 48.2 Å². The van der Waals surface area contributed by atoms with Crippen molar-refractivity contribution in [1.82, 2.24) is 10.3 Å². The third kappa shape index (κ3) is 7.84. The van der Waals surface area contributed by atoms with Gasteiger partial charge in [0.25, 0.3) is 5.91 Å². The summed E-state index contributed by atoms with van der Waals surface area (Å²) in [5, 5.41) is 3.13. The molecule has 0 fully saturated rings. The fourth-order valence-corrected chi connectivity index (χ4v) is 3.80. The highest BCUT2D eigenvalue weighted by molar-refractivity contribution is 6.30. The minimum absolute atomic E-state index is 0.126. The van der Waals surface area contributed by atoms with Crippen molar-refractivity contribution in [3.63, 3.8) is 0 Å². The quantitative estimate of drug-likeness (QED) is 0.404. The number of rotatable bonds is 12. The van der Waals surface area contributed by atoms with Crippen molar-refractivity contribution < 1.29 is 33.3 Å². The fraction of sp³-hybridized carbons (Fsp3) is 0.462. The van der Waals surface area contributed by atoms with Gasteiger partial charge in [0, 0.05) is 24.2 Å². The largest absolute Gasteiger partial charge is 0.493 e. The van der Waals surface area contributed by atoms with Crippen LogP contribution in [0.15, 0.2) is 36.5 Å². The second kappa shape index (κ2) is 13.7. The van der Waals surface area contributed by atoms with Crippen molar-refractivity contribution in [2.75, 3.05) is 7.11 Å². The topological polar surface area (TPSA) is 113 Å². The molecule has 36 heavy (non-hydrogen) atoms. The molecular formula is C26H33ClN2O7. The summed E-state index contributed by atoms with van der Waals surface area (Å²) in [6.07, 6.45) is 1.96. The van der Waals surface area contributed by atoms with Gasteiger partial charge >= 0.3 is 11.9 Å². The van der Waals surface area contributed by atoms with Gasteiger partial charge in [-0.05, 0) is 56.9 Å². The molecule has 10 heteroatoms. The van der Waals surface area contributed by atoms with Crippen molar-refractivity contribution in [2.45, 2.75) is 65.7 Å². The number of hydrogen-bond acceptors (Lipinski definition) is 8. The van der Waals surface area contributed by atoms with Crippen LogP contribution in [0, 0.1) is 5.92 Å². The van der Waals surface area contributed by atoms with Gasteiger partial charge in [-0.1, -0.05) is 25.4 Å². The van der Waals surface area contributed by atoms with Crippen molar-refractivity contribution in [3.8, 4) is 17.2 Å². The third-order valence-corrected chi connectivity index (χ3v) is 5.87. The van der Waals surface area contributed by atoms with Crippen molar-refractivity contribution in [1.29, 1.82) is 0 Å². The molecule has 196 valence electrons. The SMILES string of the molecule is CCC(CC)[C@@H](Oc1ccc(Cl)cc1)[C@H](C)OC(=O)[C@H](C)NC(=O)c1nccc(OC)c1OC(C)=O. The summed E-state index contributed by atoms with van der Waals surface area (Å²) in [5.41, 5.74) is -0.196. The van der Waals surface area contributed by atoms with E-state index in [1.807, 2.05) is 13.8 Å². The van der Waals surface area contributed by atoms with Crippen molar-refractivity contribution in [3.05, 3.63) is 47.2 Å². The zero-order valence-electron chi connectivity index (χ0n) is 21.4. The number of halogens is 1. The van der Waals surface area contributed by atoms with E-state index >= 15 is 0 Å². The number of aromatic nitrogens is 1. The van der Waals surface area contributed by atoms with Crippen molar-refractivity contribution in [2.24, 2.45) is 5.92 Å². The highest BCUT2D eigenvalue weighted by Crippen LogP contribution is 2.30. The Morgan fingerprint density at radius 3 is 2.25 bits per heavy atom. The van der Waals surface area contributed by atoms with E-state index in [2.05, 4.69) is 10.3 Å². The van der Waals surface area contributed by atoms with E-state index in [-0.39, 0.29) is 23.1 Å². The molecule has 1 heterocycles. The smallest absolute Gasteiger partial charge is 0.328 e. The predicted octanol–water partition coefficient (Wildman–Crippen LogP) is 4.60. The third-order valence-electron chi connectivity index (χ3n) is 5.61. The normalized spacial score (nSPS) is 13.3. The Balaban J connectivity index is 2.13. The molecule has 0 aliphatic carbocycles. The predicted molar refractivity (Wildman–Crippen MR) is 135 cm³/mol. The van der Waals surface area contributed by atoms with Gasteiger partial charge < -0.3 is 24.3 Å². The highest BCUT2D eigenvalue weighted by atomic mass is 35.5. The lowest BCUT2D eigenvalue weighted by Crippen LogP contribution is -2.45. The van der Waals surface area contributed by atoms with Crippen LogP contribution >= 0.6 is 11.6 Å². The van der Waals surface area contributed by atoms with Gasteiger partial charge in [-0.15, -0.1) is 0 Å². The monoisotopic (exact) mass is 520 g/mol. The molecule has 2 aromatic rings. The number of nitrogens with zero attached hydrogens (tertiary/aromatic N) is 1. The molecule has 0 aliphatic rings. The van der Waals surface area contributed by atoms with E-state index in [0.717, 1.165) is 12.8 Å². The molecule has 1 aromatic heterocycles. The van der Waals surface area contributed by atoms with Crippen molar-refractivity contribution >= 4 is 29.4 Å². The van der Waals surface area contributed by atoms with Gasteiger partial charge in [-0.2, -0.15) is 0 Å². The second-order valence-electron chi connectivity index (χ2n) is 8.23. The Bertz CT molecular complexity index is 1040. The summed E-state index contributed by atoms with van der Waals surface area (Å²) in [4.78, 5) is 41.2. The fourth-order valence-electron chi connectivity index (χ4n) is 3.67. The molecule has 0 aliphatic heterocycles. The Morgan fingerprint density at radius 1 is 1.06 bits per heavy atom. The minimum atomic E-state index is -1.02. The first-order valence-electron chi connectivity index (χ1n) is 11.8. The number of benzene rings is 1. The van der Waals surface area contributed by atoms with Gasteiger partial charge in [0.1, 0.15) is 24.0 Å². The summed E-state index contributed by atoms with van der Waals surface area (Å²) < 4.78 is 22.2. The molecule has 3 atom stereocenters. The molecule has 0 radical (unpaired) electrons. The van der Waals surface area contributed by atoms with E-state index in [1.54, 1.807) is 31.2 Å². The number of pyridine rings is 1. The molecule has 2 rings (SSSR count). The average Bonchev–Trinajstić information content (AvgIpc) is 2.84. The van der Waals surface area contributed by atoms with E-state index < -0.39 is 36.1 Å². The maximum Gasteiger partial charge on any atom is 0.328 e. The standard InChI is InChI=1S/C26H33ClN2O7/c1-7-18(8-2)23(36-20-11-9-19(27)10-12-20)16(4)34-26(32)15(3)29-25(31)22-24(35-17(5)30)21(33-6)13-14-28-22/h9-16,18,23H,7-8H2,1-6H3,(H,29,31)/t15-,16-,23-/m0/s1. The average molecular weight is 521 g/mol. The molecule has 1 amide bonds. The Kier molecular flexibility index (Phi) is 11.0. The maximum absolute atomic E-state index is 12.9. The molecule has 0 spiro atoms. The van der Waals surface area contributed by atoms with Crippen LogP contribution < -0.4 is 19.5 Å². The van der Waals surface area contributed by atoms with Crippen LogP contribution in [0.1, 0.15) is 57.9 Å². The van der Waals surface area contributed by atoms with Crippen LogP contribution in [0.2, 0.25) is 5.02 Å². The number of carbonyl (C=O) groups is 3. The molecular weight excluding hydrogens is 488 g/mol. The van der Waals surface area contributed by atoms with Crippen LogP contribution in [0.3, 0.4) is 0 Å². The van der Waals surface area contributed by atoms with Gasteiger partial charge in [0.15, 0.2) is 11.4 Å². The Hall–Kier alpha value is -3.33. The summed E-state index contributed by atoms with van der Waals surface area (Å²) in [7, 11) is 1.37. The van der Waals surface area contributed by atoms with Crippen LogP contribution in [0.4, 0.5) is 0 Å². The van der Waals surface area contributed by atoms with E-state index in [4.69, 9.17) is 30.5 Å². The second-order valence-corrected chi connectivity index (χ2v) is 8.67. The number of ether oxygens (including phenoxy) is 4. The molecule has 9 nitrogen and oxygen atoms in total. The van der Waals surface area contributed by atoms with Gasteiger partial charge in [0.2, 0.25) is 5.75 Å². The van der Waals surface area contributed by atoms with Crippen LogP contribution in [0.25, 0.3) is 0 Å². The van der Waals surface area contributed by atoms with Crippen LogP contribution in [0.5, 0.6) is 17.2 Å². The summed E-state index contributed by atoms with van der Waals surface area (Å²) in [6, 6.07) is 7.41. The zero-order valence-corrected chi connectivity index (χ0v) is 22.1. The lowest BCUT2D eigenvalue weighted by molar-refractivity contribution is -0.156. The number of amides is 1. The van der Waals surface area contributed by atoms with Crippen LogP contribution in [-0.2, 0) is 14.3 Å². The summed E-state index contributed by atoms with van der Waals surface area (Å²) >= 11 is 5.97. The van der Waals surface area contributed by atoms with Gasteiger partial charge in [0.05, 0.1) is 7.11 Å². The summed E-state index contributed by atoms with van der Waals surface area (Å²) in [5.74, 6) is -1.27. The molecule has 0 unspecified atom stereocenters. The number of hydrogen-bond donors (Lipinski definition) is 1.